The van der Waals surface area contributed by atoms with Crippen molar-refractivity contribution < 1.29 is 5.11 Å². The Balaban J connectivity index is 1.51. The second kappa shape index (κ2) is 10.3. The highest BCUT2D eigenvalue weighted by Crippen LogP contribution is 2.36. The zero-order chi connectivity index (χ0) is 25.1. The number of nitrogens with two attached hydrogens (primary N) is 1. The number of rotatable bonds is 8. The first kappa shape index (κ1) is 23.7. The van der Waals surface area contributed by atoms with Gasteiger partial charge in [0.25, 0.3) is 0 Å². The standard InChI is InChI=1S/C30H31N5O/c1-3-15-34(2)19-24-8-4-5-10-26(24)22-11-13-23(14-12-22)28-30(36)29-27(18-32-28)33-20-35(29)25-9-6-7-21(16-25)17-31/h4-14,16,18,20,36H,3,15,17,19,31H2,1-2H3. The highest BCUT2D eigenvalue weighted by Gasteiger charge is 2.16. The highest BCUT2D eigenvalue weighted by molar-refractivity contribution is 5.89. The van der Waals surface area contributed by atoms with Crippen molar-refractivity contribution >= 4 is 11.0 Å². The number of nitrogens with zero attached hydrogens (tertiary/aromatic N) is 4. The van der Waals surface area contributed by atoms with Crippen LogP contribution in [0.25, 0.3) is 39.1 Å². The quantitative estimate of drug-likeness (QED) is 0.297. The number of aromatic hydroxyl groups is 1. The van der Waals surface area contributed by atoms with E-state index in [2.05, 4.69) is 65.2 Å². The lowest BCUT2D eigenvalue weighted by Gasteiger charge is -2.18. The van der Waals surface area contributed by atoms with Gasteiger partial charge in [0.15, 0.2) is 5.75 Å². The van der Waals surface area contributed by atoms with Crippen molar-refractivity contribution in [2.24, 2.45) is 5.73 Å². The minimum atomic E-state index is 0.109. The molecule has 0 spiro atoms. The number of fused-ring (bicyclic) bond motifs is 1. The van der Waals surface area contributed by atoms with Crippen LogP contribution in [0, 0.1) is 0 Å². The molecule has 6 heteroatoms. The van der Waals surface area contributed by atoms with Gasteiger partial charge < -0.3 is 15.7 Å². The van der Waals surface area contributed by atoms with Gasteiger partial charge in [0.2, 0.25) is 0 Å². The normalized spacial score (nSPS) is 11.4. The summed E-state index contributed by atoms with van der Waals surface area (Å²) >= 11 is 0. The molecule has 0 amide bonds. The molecule has 3 N–H and O–H groups in total. The molecular formula is C30H31N5O. The Bertz CT molecular complexity index is 1490. The van der Waals surface area contributed by atoms with E-state index in [1.54, 1.807) is 12.5 Å². The average Bonchev–Trinajstić information content (AvgIpc) is 3.35. The van der Waals surface area contributed by atoms with Gasteiger partial charge in [-0.3, -0.25) is 4.57 Å². The van der Waals surface area contributed by atoms with Crippen LogP contribution in [0.15, 0.2) is 85.3 Å². The van der Waals surface area contributed by atoms with E-state index in [9.17, 15) is 5.11 Å². The van der Waals surface area contributed by atoms with Gasteiger partial charge in [-0.15, -0.1) is 0 Å². The summed E-state index contributed by atoms with van der Waals surface area (Å²) in [6.07, 6.45) is 4.55. The molecule has 0 aliphatic rings. The van der Waals surface area contributed by atoms with Gasteiger partial charge in [-0.05, 0) is 54.4 Å². The van der Waals surface area contributed by atoms with E-state index in [4.69, 9.17) is 5.73 Å². The fourth-order valence-electron chi connectivity index (χ4n) is 4.73. The molecule has 0 saturated heterocycles. The molecule has 36 heavy (non-hydrogen) atoms. The number of imidazole rings is 1. The van der Waals surface area contributed by atoms with E-state index >= 15 is 0 Å². The summed E-state index contributed by atoms with van der Waals surface area (Å²) in [7, 11) is 2.16. The van der Waals surface area contributed by atoms with E-state index in [0.717, 1.165) is 41.9 Å². The Morgan fingerprint density at radius 2 is 1.72 bits per heavy atom. The topological polar surface area (TPSA) is 80.2 Å². The monoisotopic (exact) mass is 477 g/mol. The van der Waals surface area contributed by atoms with Gasteiger partial charge >= 0.3 is 0 Å². The third-order valence-corrected chi connectivity index (χ3v) is 6.52. The largest absolute Gasteiger partial charge is 0.504 e. The summed E-state index contributed by atoms with van der Waals surface area (Å²) in [4.78, 5) is 11.3. The van der Waals surface area contributed by atoms with Crippen LogP contribution < -0.4 is 5.73 Å². The van der Waals surface area contributed by atoms with Crippen LogP contribution in [-0.2, 0) is 13.1 Å². The van der Waals surface area contributed by atoms with Crippen molar-refractivity contribution in [2.75, 3.05) is 13.6 Å². The molecule has 2 heterocycles. The third kappa shape index (κ3) is 4.61. The molecule has 0 bridgehead atoms. The van der Waals surface area contributed by atoms with Gasteiger partial charge in [-0.1, -0.05) is 67.6 Å². The maximum Gasteiger partial charge on any atom is 0.168 e. The second-order valence-corrected chi connectivity index (χ2v) is 9.15. The molecule has 0 atom stereocenters. The lowest BCUT2D eigenvalue weighted by Crippen LogP contribution is -2.18. The third-order valence-electron chi connectivity index (χ3n) is 6.52. The molecule has 0 fully saturated rings. The molecule has 6 nitrogen and oxygen atoms in total. The van der Waals surface area contributed by atoms with Gasteiger partial charge in [0, 0.05) is 24.3 Å². The van der Waals surface area contributed by atoms with E-state index in [-0.39, 0.29) is 5.75 Å². The van der Waals surface area contributed by atoms with Crippen LogP contribution in [0.2, 0.25) is 0 Å². The smallest absolute Gasteiger partial charge is 0.168 e. The van der Waals surface area contributed by atoms with Crippen LogP contribution in [-0.4, -0.2) is 38.1 Å². The van der Waals surface area contributed by atoms with Crippen LogP contribution in [0.3, 0.4) is 0 Å². The molecule has 0 unspecified atom stereocenters. The fourth-order valence-corrected chi connectivity index (χ4v) is 4.73. The Morgan fingerprint density at radius 1 is 0.944 bits per heavy atom. The van der Waals surface area contributed by atoms with Crippen molar-refractivity contribution in [3.63, 3.8) is 0 Å². The first-order valence-electron chi connectivity index (χ1n) is 12.3. The first-order chi connectivity index (χ1) is 17.6. The Labute approximate surface area is 211 Å². The van der Waals surface area contributed by atoms with Gasteiger partial charge in [-0.2, -0.15) is 0 Å². The SMILES string of the molecule is CCCN(C)Cc1ccccc1-c1ccc(-c2ncc3ncn(-c4cccc(CN)c4)c3c2O)cc1. The van der Waals surface area contributed by atoms with Gasteiger partial charge in [0.1, 0.15) is 23.1 Å². The predicted octanol–water partition coefficient (Wildman–Crippen LogP) is 5.76. The molecule has 0 radical (unpaired) electrons. The zero-order valence-corrected chi connectivity index (χ0v) is 20.7. The van der Waals surface area contributed by atoms with E-state index in [1.807, 2.05) is 41.0 Å². The summed E-state index contributed by atoms with van der Waals surface area (Å²) in [6.45, 7) is 4.61. The zero-order valence-electron chi connectivity index (χ0n) is 20.7. The van der Waals surface area contributed by atoms with Crippen LogP contribution in [0.5, 0.6) is 5.75 Å². The molecule has 2 aromatic heterocycles. The average molecular weight is 478 g/mol. The fraction of sp³-hybridized carbons (Fsp3) is 0.200. The number of pyridine rings is 1. The van der Waals surface area contributed by atoms with Crippen LogP contribution in [0.1, 0.15) is 24.5 Å². The Hall–Kier alpha value is -4.00. The molecule has 5 aromatic rings. The summed E-state index contributed by atoms with van der Waals surface area (Å²) in [5.74, 6) is 0.109. The summed E-state index contributed by atoms with van der Waals surface area (Å²) in [6, 6.07) is 24.7. The van der Waals surface area contributed by atoms with Gasteiger partial charge in [0.05, 0.1) is 6.20 Å². The van der Waals surface area contributed by atoms with Gasteiger partial charge in [-0.25, -0.2) is 9.97 Å². The van der Waals surface area contributed by atoms with Crippen LogP contribution >= 0.6 is 0 Å². The number of hydrogen-bond donors (Lipinski definition) is 2. The van der Waals surface area contributed by atoms with Crippen molar-refractivity contribution in [3.8, 4) is 33.8 Å². The van der Waals surface area contributed by atoms with E-state index in [0.29, 0.717) is 23.3 Å². The maximum atomic E-state index is 11.3. The summed E-state index contributed by atoms with van der Waals surface area (Å²) in [5, 5.41) is 11.3. The molecule has 5 rings (SSSR count). The van der Waals surface area contributed by atoms with Crippen LogP contribution in [0.4, 0.5) is 0 Å². The van der Waals surface area contributed by atoms with Crippen molar-refractivity contribution in [1.82, 2.24) is 19.4 Å². The predicted molar refractivity (Wildman–Crippen MR) is 146 cm³/mol. The maximum absolute atomic E-state index is 11.3. The van der Waals surface area contributed by atoms with Crippen molar-refractivity contribution in [3.05, 3.63) is 96.4 Å². The number of aromatic nitrogens is 3. The molecule has 0 aliphatic heterocycles. The van der Waals surface area contributed by atoms with Crippen molar-refractivity contribution in [1.29, 1.82) is 0 Å². The Morgan fingerprint density at radius 3 is 2.50 bits per heavy atom. The minimum Gasteiger partial charge on any atom is -0.504 e. The Kier molecular flexibility index (Phi) is 6.80. The molecule has 0 saturated carbocycles. The molecule has 0 aliphatic carbocycles. The summed E-state index contributed by atoms with van der Waals surface area (Å²) < 4.78 is 1.88. The lowest BCUT2D eigenvalue weighted by molar-refractivity contribution is 0.328. The minimum absolute atomic E-state index is 0.109. The molecule has 182 valence electrons. The second-order valence-electron chi connectivity index (χ2n) is 9.15. The number of benzene rings is 3. The highest BCUT2D eigenvalue weighted by atomic mass is 16.3. The van der Waals surface area contributed by atoms with Crippen molar-refractivity contribution in [2.45, 2.75) is 26.4 Å². The van der Waals surface area contributed by atoms with E-state index < -0.39 is 0 Å². The molecule has 3 aromatic carbocycles. The number of hydrogen-bond acceptors (Lipinski definition) is 5. The first-order valence-corrected chi connectivity index (χ1v) is 12.3. The summed E-state index contributed by atoms with van der Waals surface area (Å²) in [5.41, 5.74) is 14.0. The molecular weight excluding hydrogens is 446 g/mol. The van der Waals surface area contributed by atoms with E-state index in [1.165, 1.54) is 11.1 Å². The lowest BCUT2D eigenvalue weighted by atomic mass is 9.97.